The molecule has 0 spiro atoms. The minimum atomic E-state index is -0.00665. The second kappa shape index (κ2) is 11.4. The molecule has 3 aromatic carbocycles. The highest BCUT2D eigenvalue weighted by atomic mass is 16.5. The molecule has 0 unspecified atom stereocenters. The summed E-state index contributed by atoms with van der Waals surface area (Å²) in [5, 5.41) is 12.2. The van der Waals surface area contributed by atoms with E-state index in [1.165, 1.54) is 5.39 Å². The van der Waals surface area contributed by atoms with Crippen LogP contribution in [0.15, 0.2) is 128 Å². The molecule has 7 aromatic rings. The van der Waals surface area contributed by atoms with Crippen LogP contribution < -0.4 is 4.74 Å². The van der Waals surface area contributed by atoms with Gasteiger partial charge in [0.2, 0.25) is 0 Å². The van der Waals surface area contributed by atoms with Crippen molar-refractivity contribution in [3.8, 4) is 17.0 Å². The number of fused-ring (bicyclic) bond motifs is 2. The molecule has 42 heavy (non-hydrogen) atoms. The predicted molar refractivity (Wildman–Crippen MR) is 166 cm³/mol. The molecule has 4 heterocycles. The lowest BCUT2D eigenvalue weighted by Gasteiger charge is -2.12. The molecular formula is C36H30N4O2. The Hall–Kier alpha value is -5.20. The van der Waals surface area contributed by atoms with Crippen molar-refractivity contribution in [2.24, 2.45) is 0 Å². The summed E-state index contributed by atoms with van der Waals surface area (Å²) in [7, 11) is 0. The van der Waals surface area contributed by atoms with Crippen molar-refractivity contribution in [1.29, 1.82) is 0 Å². The largest absolute Gasteiger partial charge is 0.489 e. The van der Waals surface area contributed by atoms with E-state index >= 15 is 0 Å². The number of aliphatic hydroxyl groups is 1. The van der Waals surface area contributed by atoms with Crippen LogP contribution in [0.5, 0.6) is 5.75 Å². The van der Waals surface area contributed by atoms with Crippen molar-refractivity contribution >= 4 is 21.8 Å². The third-order valence-corrected chi connectivity index (χ3v) is 7.62. The smallest absolute Gasteiger partial charge is 0.123 e. The molecular weight excluding hydrogens is 520 g/mol. The van der Waals surface area contributed by atoms with Crippen LogP contribution in [0.3, 0.4) is 0 Å². The molecule has 206 valence electrons. The summed E-state index contributed by atoms with van der Waals surface area (Å²) in [6.07, 6.45) is 6.01. The van der Waals surface area contributed by atoms with Gasteiger partial charge >= 0.3 is 0 Å². The molecule has 0 aliphatic carbocycles. The molecule has 4 aromatic heterocycles. The summed E-state index contributed by atoms with van der Waals surface area (Å²) >= 11 is 0. The van der Waals surface area contributed by atoms with Crippen LogP contribution in [0.2, 0.25) is 0 Å². The second-order valence-electron chi connectivity index (χ2n) is 10.4. The number of aromatic nitrogens is 4. The number of ether oxygens (including phenoxy) is 1. The third-order valence-electron chi connectivity index (χ3n) is 7.62. The van der Waals surface area contributed by atoms with Crippen molar-refractivity contribution in [2.45, 2.75) is 26.3 Å². The highest BCUT2D eigenvalue weighted by Gasteiger charge is 2.13. The zero-order valence-corrected chi connectivity index (χ0v) is 23.1. The maximum Gasteiger partial charge on any atom is 0.123 e. The van der Waals surface area contributed by atoms with Crippen LogP contribution in [0, 0.1) is 0 Å². The Balaban J connectivity index is 1.22. The molecule has 0 saturated carbocycles. The Morgan fingerprint density at radius 3 is 2.00 bits per heavy atom. The summed E-state index contributed by atoms with van der Waals surface area (Å²) in [4.78, 5) is 9.54. The average Bonchev–Trinajstić information content (AvgIpc) is 3.58. The molecule has 0 fully saturated rings. The SMILES string of the molecule is OCc1cn(Cc2cc(OCc3cn(Cc4ccccn4)c4ccccc34)cc(-c3ccccc3)n2)c2ccccc12. The zero-order chi connectivity index (χ0) is 28.3. The van der Waals surface area contributed by atoms with E-state index in [4.69, 9.17) is 9.72 Å². The maximum atomic E-state index is 9.94. The first-order valence-electron chi connectivity index (χ1n) is 14.1. The molecule has 0 aliphatic heterocycles. The number of hydrogen-bond donors (Lipinski definition) is 1. The van der Waals surface area contributed by atoms with E-state index in [2.05, 4.69) is 62.8 Å². The van der Waals surface area contributed by atoms with E-state index in [0.717, 1.165) is 55.9 Å². The fourth-order valence-electron chi connectivity index (χ4n) is 5.63. The number of pyridine rings is 2. The van der Waals surface area contributed by atoms with Crippen LogP contribution in [-0.4, -0.2) is 24.2 Å². The highest BCUT2D eigenvalue weighted by molar-refractivity contribution is 5.84. The summed E-state index contributed by atoms with van der Waals surface area (Å²) in [6, 6.07) is 36.8. The number of aliphatic hydroxyl groups excluding tert-OH is 1. The fourth-order valence-corrected chi connectivity index (χ4v) is 5.63. The van der Waals surface area contributed by atoms with Gasteiger partial charge in [-0.15, -0.1) is 0 Å². The van der Waals surface area contributed by atoms with Gasteiger partial charge in [0.15, 0.2) is 0 Å². The zero-order valence-electron chi connectivity index (χ0n) is 23.1. The lowest BCUT2D eigenvalue weighted by molar-refractivity contribution is 0.283. The van der Waals surface area contributed by atoms with Gasteiger partial charge in [0.1, 0.15) is 12.4 Å². The number of benzene rings is 3. The lowest BCUT2D eigenvalue weighted by atomic mass is 10.1. The van der Waals surface area contributed by atoms with Crippen molar-refractivity contribution in [3.05, 3.63) is 150 Å². The number of para-hydroxylation sites is 2. The first-order chi connectivity index (χ1) is 20.7. The van der Waals surface area contributed by atoms with E-state index in [1.54, 1.807) is 0 Å². The summed E-state index contributed by atoms with van der Waals surface area (Å²) < 4.78 is 10.9. The first-order valence-corrected chi connectivity index (χ1v) is 14.1. The van der Waals surface area contributed by atoms with Crippen molar-refractivity contribution < 1.29 is 9.84 Å². The quantitative estimate of drug-likeness (QED) is 0.206. The van der Waals surface area contributed by atoms with Gasteiger partial charge in [0.05, 0.1) is 36.8 Å². The Morgan fingerprint density at radius 2 is 1.29 bits per heavy atom. The van der Waals surface area contributed by atoms with Gasteiger partial charge < -0.3 is 19.0 Å². The Labute approximate surface area is 244 Å². The highest BCUT2D eigenvalue weighted by Crippen LogP contribution is 2.28. The van der Waals surface area contributed by atoms with Crippen molar-refractivity contribution in [1.82, 2.24) is 19.1 Å². The van der Waals surface area contributed by atoms with E-state index in [9.17, 15) is 5.11 Å². The summed E-state index contributed by atoms with van der Waals surface area (Å²) in [5.41, 5.74) is 8.03. The number of rotatable bonds is 9. The molecule has 0 bridgehead atoms. The molecule has 1 N–H and O–H groups in total. The Morgan fingerprint density at radius 1 is 0.643 bits per heavy atom. The van der Waals surface area contributed by atoms with Gasteiger partial charge in [-0.25, -0.2) is 0 Å². The summed E-state index contributed by atoms with van der Waals surface area (Å²) in [6.45, 7) is 1.67. The van der Waals surface area contributed by atoms with E-state index in [1.807, 2.05) is 79.1 Å². The third kappa shape index (κ3) is 5.16. The van der Waals surface area contributed by atoms with Gasteiger partial charge in [-0.05, 0) is 24.3 Å². The maximum absolute atomic E-state index is 9.94. The molecule has 0 radical (unpaired) electrons. The van der Waals surface area contributed by atoms with Gasteiger partial charge in [0, 0.05) is 69.2 Å². The minimum absolute atomic E-state index is 0.00665. The van der Waals surface area contributed by atoms with E-state index in [-0.39, 0.29) is 6.61 Å². The van der Waals surface area contributed by atoms with Crippen LogP contribution in [0.4, 0.5) is 0 Å². The van der Waals surface area contributed by atoms with Crippen molar-refractivity contribution in [2.75, 3.05) is 0 Å². The fraction of sp³-hybridized carbons (Fsp3) is 0.111. The Bertz CT molecular complexity index is 1980. The van der Waals surface area contributed by atoms with Crippen molar-refractivity contribution in [3.63, 3.8) is 0 Å². The van der Waals surface area contributed by atoms with Gasteiger partial charge in [0.25, 0.3) is 0 Å². The molecule has 6 nitrogen and oxygen atoms in total. The molecule has 0 amide bonds. The standard InChI is InChI=1S/C36H30N4O2/c41-24-27-20-39(35-15-6-4-13-32(27)35)23-30-18-31(19-34(38-30)26-10-2-1-3-11-26)42-25-28-21-40(22-29-12-8-9-17-37-29)36-16-7-5-14-33(28)36/h1-21,41H,22-25H2. The molecule has 7 rings (SSSR count). The van der Waals surface area contributed by atoms with Crippen LogP contribution in [0.1, 0.15) is 22.5 Å². The lowest BCUT2D eigenvalue weighted by Crippen LogP contribution is -2.04. The second-order valence-corrected chi connectivity index (χ2v) is 10.4. The number of nitrogens with zero attached hydrogens (tertiary/aromatic N) is 4. The topological polar surface area (TPSA) is 65.1 Å². The van der Waals surface area contributed by atoms with Gasteiger partial charge in [-0.3, -0.25) is 9.97 Å². The summed E-state index contributed by atoms with van der Waals surface area (Å²) in [5.74, 6) is 0.763. The van der Waals surface area contributed by atoms with Crippen LogP contribution in [0.25, 0.3) is 33.1 Å². The Kier molecular flexibility index (Phi) is 6.96. The van der Waals surface area contributed by atoms with Crippen LogP contribution in [-0.2, 0) is 26.3 Å². The monoisotopic (exact) mass is 550 g/mol. The van der Waals surface area contributed by atoms with Gasteiger partial charge in [-0.2, -0.15) is 0 Å². The first kappa shape index (κ1) is 25.7. The molecule has 0 saturated heterocycles. The normalized spacial score (nSPS) is 11.4. The molecule has 6 heteroatoms. The average molecular weight is 551 g/mol. The molecule has 0 aliphatic rings. The van der Waals surface area contributed by atoms with Gasteiger partial charge in [-0.1, -0.05) is 72.8 Å². The minimum Gasteiger partial charge on any atom is -0.489 e. The van der Waals surface area contributed by atoms with Crippen LogP contribution >= 0.6 is 0 Å². The number of hydrogen-bond acceptors (Lipinski definition) is 4. The predicted octanol–water partition coefficient (Wildman–Crippen LogP) is 7.22. The van der Waals surface area contributed by atoms with E-state index in [0.29, 0.717) is 19.7 Å². The molecule has 0 atom stereocenters. The van der Waals surface area contributed by atoms with E-state index < -0.39 is 0 Å².